The van der Waals surface area contributed by atoms with Crippen molar-refractivity contribution < 1.29 is 19.8 Å². The van der Waals surface area contributed by atoms with Crippen molar-refractivity contribution in [3.63, 3.8) is 0 Å². The van der Waals surface area contributed by atoms with E-state index in [4.69, 9.17) is 10.2 Å². The number of β-amino-alcohol motifs (C(OH)–C–C–N with tert-alkyl or cyclic N) is 1. The fourth-order valence-corrected chi connectivity index (χ4v) is 2.30. The molecule has 0 atom stereocenters. The first-order valence-corrected chi connectivity index (χ1v) is 6.84. The lowest BCUT2D eigenvalue weighted by molar-refractivity contribution is -0.131. The molecule has 1 saturated heterocycles. The first-order valence-electron chi connectivity index (χ1n) is 6.84. The molecule has 2 N–H and O–H groups in total. The summed E-state index contributed by atoms with van der Waals surface area (Å²) >= 11 is 0. The molecule has 116 valence electrons. The van der Waals surface area contributed by atoms with Crippen molar-refractivity contribution in [2.24, 2.45) is 0 Å². The van der Waals surface area contributed by atoms with Gasteiger partial charge in [0.1, 0.15) is 6.54 Å². The molecule has 0 unspecified atom stereocenters. The monoisotopic (exact) mass is 297 g/mol. The minimum atomic E-state index is -1.16. The number of aliphatic hydroxyl groups is 1. The molecule has 21 heavy (non-hydrogen) atoms. The maximum absolute atomic E-state index is 12.2. The number of aromatic carboxylic acids is 1. The van der Waals surface area contributed by atoms with Crippen LogP contribution in [-0.2, 0) is 11.3 Å². The zero-order valence-corrected chi connectivity index (χ0v) is 11.7. The van der Waals surface area contributed by atoms with Gasteiger partial charge in [0.05, 0.1) is 12.8 Å². The van der Waals surface area contributed by atoms with Crippen molar-refractivity contribution in [3.05, 3.63) is 11.9 Å². The van der Waals surface area contributed by atoms with Crippen LogP contribution in [0, 0.1) is 0 Å². The summed E-state index contributed by atoms with van der Waals surface area (Å²) in [4.78, 5) is 26.7. The van der Waals surface area contributed by atoms with Gasteiger partial charge in [-0.1, -0.05) is 5.21 Å². The van der Waals surface area contributed by atoms with Gasteiger partial charge >= 0.3 is 5.97 Å². The van der Waals surface area contributed by atoms with Gasteiger partial charge in [-0.25, -0.2) is 9.48 Å². The fourth-order valence-electron chi connectivity index (χ4n) is 2.30. The highest BCUT2D eigenvalue weighted by Crippen LogP contribution is 2.04. The number of amides is 1. The summed E-state index contributed by atoms with van der Waals surface area (Å²) in [5.74, 6) is -1.27. The molecule has 2 rings (SSSR count). The molecule has 1 aliphatic rings. The standard InChI is InChI=1S/C12H19N5O4/c18-7-6-15-2-1-3-16(5-4-15)11(19)9-17-8-10(12(20)21)13-14-17/h8,18H,1-7,9H2,(H,20,21). The lowest BCUT2D eigenvalue weighted by Crippen LogP contribution is -2.37. The molecule has 2 heterocycles. The molecule has 1 aromatic rings. The van der Waals surface area contributed by atoms with Crippen LogP contribution < -0.4 is 0 Å². The summed E-state index contributed by atoms with van der Waals surface area (Å²) in [5, 5.41) is 24.8. The summed E-state index contributed by atoms with van der Waals surface area (Å²) < 4.78 is 1.24. The van der Waals surface area contributed by atoms with Gasteiger partial charge in [-0.3, -0.25) is 9.69 Å². The fraction of sp³-hybridized carbons (Fsp3) is 0.667. The first-order chi connectivity index (χ1) is 10.1. The van der Waals surface area contributed by atoms with Crippen LogP contribution in [-0.4, -0.2) is 86.2 Å². The van der Waals surface area contributed by atoms with Crippen LogP contribution in [0.15, 0.2) is 6.20 Å². The normalized spacial score (nSPS) is 16.7. The van der Waals surface area contributed by atoms with E-state index in [0.717, 1.165) is 19.5 Å². The Kier molecular flexibility index (Phi) is 5.23. The molecule has 0 spiro atoms. The average molecular weight is 297 g/mol. The second-order valence-corrected chi connectivity index (χ2v) is 4.91. The number of carboxylic acids is 1. The predicted octanol–water partition coefficient (Wildman–Crippen LogP) is -1.50. The van der Waals surface area contributed by atoms with Crippen molar-refractivity contribution in [1.29, 1.82) is 0 Å². The molecule has 9 heteroatoms. The lowest BCUT2D eigenvalue weighted by Gasteiger charge is -2.21. The molecule has 0 bridgehead atoms. The average Bonchev–Trinajstić information content (AvgIpc) is 2.78. The minimum absolute atomic E-state index is 0.0136. The van der Waals surface area contributed by atoms with Gasteiger partial charge in [-0.05, 0) is 13.0 Å². The summed E-state index contributed by atoms with van der Waals surface area (Å²) in [6.07, 6.45) is 2.10. The number of rotatable bonds is 5. The predicted molar refractivity (Wildman–Crippen MR) is 71.7 cm³/mol. The van der Waals surface area contributed by atoms with Crippen LogP contribution in [0.25, 0.3) is 0 Å². The number of aromatic nitrogens is 3. The highest BCUT2D eigenvalue weighted by atomic mass is 16.4. The topological polar surface area (TPSA) is 112 Å². The summed E-state index contributed by atoms with van der Waals surface area (Å²) in [7, 11) is 0. The van der Waals surface area contributed by atoms with E-state index in [2.05, 4.69) is 15.2 Å². The first kappa shape index (κ1) is 15.4. The van der Waals surface area contributed by atoms with Crippen LogP contribution >= 0.6 is 0 Å². The Bertz CT molecular complexity index is 504. The van der Waals surface area contributed by atoms with E-state index < -0.39 is 5.97 Å². The molecule has 1 aliphatic heterocycles. The number of carboxylic acid groups (broad SMARTS) is 1. The number of carbonyl (C=O) groups excluding carboxylic acids is 1. The van der Waals surface area contributed by atoms with E-state index >= 15 is 0 Å². The van der Waals surface area contributed by atoms with E-state index in [-0.39, 0.29) is 24.8 Å². The summed E-state index contributed by atoms with van der Waals surface area (Å²) in [6, 6.07) is 0. The van der Waals surface area contributed by atoms with Crippen molar-refractivity contribution in [2.75, 3.05) is 39.3 Å². The smallest absolute Gasteiger partial charge is 0.358 e. The van der Waals surface area contributed by atoms with E-state index in [0.29, 0.717) is 19.6 Å². The van der Waals surface area contributed by atoms with Gasteiger partial charge < -0.3 is 15.1 Å². The SMILES string of the molecule is O=C(O)c1cn(CC(=O)N2CCCN(CCO)CC2)nn1. The third kappa shape index (κ3) is 4.23. The van der Waals surface area contributed by atoms with Gasteiger partial charge in [0, 0.05) is 26.2 Å². The van der Waals surface area contributed by atoms with Crippen LogP contribution in [0.5, 0.6) is 0 Å². The van der Waals surface area contributed by atoms with Crippen molar-refractivity contribution >= 4 is 11.9 Å². The Morgan fingerprint density at radius 1 is 1.24 bits per heavy atom. The molecule has 1 aromatic heterocycles. The Labute approximate surface area is 121 Å². The Hall–Kier alpha value is -2.00. The molecule has 0 radical (unpaired) electrons. The Morgan fingerprint density at radius 2 is 2.05 bits per heavy atom. The number of hydrogen-bond donors (Lipinski definition) is 2. The number of aliphatic hydroxyl groups excluding tert-OH is 1. The Morgan fingerprint density at radius 3 is 2.71 bits per heavy atom. The zero-order valence-electron chi connectivity index (χ0n) is 11.7. The molecular weight excluding hydrogens is 278 g/mol. The molecule has 9 nitrogen and oxygen atoms in total. The van der Waals surface area contributed by atoms with Crippen molar-refractivity contribution in [1.82, 2.24) is 24.8 Å². The molecule has 0 saturated carbocycles. The van der Waals surface area contributed by atoms with E-state index in [9.17, 15) is 9.59 Å². The second-order valence-electron chi connectivity index (χ2n) is 4.91. The highest BCUT2D eigenvalue weighted by Gasteiger charge is 2.20. The molecule has 0 aliphatic carbocycles. The zero-order chi connectivity index (χ0) is 15.2. The molecular formula is C12H19N5O4. The maximum Gasteiger partial charge on any atom is 0.358 e. The maximum atomic E-state index is 12.2. The van der Waals surface area contributed by atoms with Crippen LogP contribution in [0.1, 0.15) is 16.9 Å². The van der Waals surface area contributed by atoms with Gasteiger partial charge in [-0.15, -0.1) is 5.10 Å². The van der Waals surface area contributed by atoms with Crippen LogP contribution in [0.4, 0.5) is 0 Å². The number of carbonyl (C=O) groups is 2. The number of hydrogen-bond acceptors (Lipinski definition) is 6. The largest absolute Gasteiger partial charge is 0.476 e. The minimum Gasteiger partial charge on any atom is -0.476 e. The van der Waals surface area contributed by atoms with E-state index in [1.807, 2.05) is 0 Å². The lowest BCUT2D eigenvalue weighted by atomic mass is 10.3. The van der Waals surface area contributed by atoms with E-state index in [1.54, 1.807) is 4.90 Å². The van der Waals surface area contributed by atoms with E-state index in [1.165, 1.54) is 10.9 Å². The second kappa shape index (κ2) is 7.14. The van der Waals surface area contributed by atoms with Crippen LogP contribution in [0.2, 0.25) is 0 Å². The van der Waals surface area contributed by atoms with Gasteiger partial charge in [0.25, 0.3) is 0 Å². The third-order valence-corrected chi connectivity index (χ3v) is 3.41. The number of nitrogens with zero attached hydrogens (tertiary/aromatic N) is 5. The highest BCUT2D eigenvalue weighted by molar-refractivity contribution is 5.84. The molecule has 1 fully saturated rings. The quantitative estimate of drug-likeness (QED) is 0.680. The van der Waals surface area contributed by atoms with Gasteiger partial charge in [-0.2, -0.15) is 0 Å². The molecule has 1 amide bonds. The summed E-state index contributed by atoms with van der Waals surface area (Å²) in [5.41, 5.74) is -0.173. The molecule has 0 aromatic carbocycles. The third-order valence-electron chi connectivity index (χ3n) is 3.41. The van der Waals surface area contributed by atoms with Gasteiger partial charge in [0.2, 0.25) is 5.91 Å². The van der Waals surface area contributed by atoms with Crippen molar-refractivity contribution in [3.8, 4) is 0 Å². The Balaban J connectivity index is 1.89. The summed E-state index contributed by atoms with van der Waals surface area (Å²) in [6.45, 7) is 3.56. The van der Waals surface area contributed by atoms with Gasteiger partial charge in [0.15, 0.2) is 5.69 Å². The van der Waals surface area contributed by atoms with Crippen LogP contribution in [0.3, 0.4) is 0 Å². The van der Waals surface area contributed by atoms with Crippen molar-refractivity contribution in [2.45, 2.75) is 13.0 Å².